The number of likely N-dealkylation sites (N-methyl/N-ethyl adjacent to an activating group) is 1. The van der Waals surface area contributed by atoms with Crippen molar-refractivity contribution in [2.75, 3.05) is 31.5 Å². The van der Waals surface area contributed by atoms with Crippen LogP contribution in [-0.2, 0) is 14.4 Å². The third-order valence-corrected chi connectivity index (χ3v) is 6.83. The largest absolute Gasteiger partial charge is 0.481 e. The smallest absolute Gasteiger partial charge is 0.336 e. The Bertz CT molecular complexity index is 1310. The lowest BCUT2D eigenvalue weighted by Crippen LogP contribution is -2.42. The highest BCUT2D eigenvalue weighted by Crippen LogP contribution is 2.35. The van der Waals surface area contributed by atoms with Crippen LogP contribution in [0.3, 0.4) is 0 Å². The van der Waals surface area contributed by atoms with Crippen molar-refractivity contribution in [2.24, 2.45) is 0 Å². The minimum absolute atomic E-state index is 0.763. The second-order valence-corrected chi connectivity index (χ2v) is 9.81. The summed E-state index contributed by atoms with van der Waals surface area (Å²) in [6.45, 7) is 8.55. The maximum atomic E-state index is 10.3. The highest BCUT2D eigenvalue weighted by atomic mass is 35.5. The highest BCUT2D eigenvalue weighted by molar-refractivity contribution is 6.53. The number of carboxylic acids is 3. The molecule has 224 valence electrons. The van der Waals surface area contributed by atoms with Gasteiger partial charge in [0.2, 0.25) is 0 Å². The fraction of sp³-hybridized carbons (Fsp3) is 0.281. The quantitative estimate of drug-likeness (QED) is 0.155. The monoisotopic (exact) mass is 596 g/mol. The Balaban J connectivity index is 0.000000401. The number of aliphatic carboxylic acids is 3. The number of hydrogen-bond acceptors (Lipinski definition) is 6. The molecule has 0 aliphatic carbocycles. The van der Waals surface area contributed by atoms with Crippen LogP contribution in [0.1, 0.15) is 43.4 Å². The summed E-state index contributed by atoms with van der Waals surface area (Å²) in [6.07, 6.45) is -2.29. The zero-order chi connectivity index (χ0) is 31.1. The van der Waals surface area contributed by atoms with Crippen molar-refractivity contribution in [3.8, 4) is 0 Å². The van der Waals surface area contributed by atoms with Crippen LogP contribution in [-0.4, -0.2) is 75.0 Å². The lowest BCUT2D eigenvalue weighted by molar-refractivity contribution is -0.170. The molecule has 42 heavy (non-hydrogen) atoms. The van der Waals surface area contributed by atoms with E-state index in [2.05, 4.69) is 72.6 Å². The van der Waals surface area contributed by atoms with E-state index < -0.39 is 36.4 Å². The molecule has 10 heteroatoms. The number of nitrogens with zero attached hydrogens (tertiary/aromatic N) is 1. The van der Waals surface area contributed by atoms with Gasteiger partial charge in [0, 0.05) is 24.4 Å². The summed E-state index contributed by atoms with van der Waals surface area (Å²) in [6, 6.07) is 29.0. The van der Waals surface area contributed by atoms with Crippen molar-refractivity contribution in [2.45, 2.75) is 32.3 Å². The van der Waals surface area contributed by atoms with E-state index in [4.69, 9.17) is 32.0 Å². The number of nitrogens with one attached hydrogen (secondary N) is 1. The molecular weight excluding hydrogens is 560 g/mol. The molecule has 0 radical (unpaired) electrons. The number of carboxylic acid groups (broad SMARTS) is 3. The van der Waals surface area contributed by atoms with E-state index in [0.717, 1.165) is 59.2 Å². The van der Waals surface area contributed by atoms with Gasteiger partial charge in [0.25, 0.3) is 0 Å². The molecule has 0 aromatic heterocycles. The molecule has 0 saturated heterocycles. The van der Waals surface area contributed by atoms with Crippen LogP contribution < -0.4 is 5.32 Å². The average Bonchev–Trinajstić information content (AvgIpc) is 2.96. The van der Waals surface area contributed by atoms with Gasteiger partial charge in [-0.25, -0.2) is 4.79 Å². The first kappa shape index (κ1) is 34.0. The number of aliphatic hydroxyl groups is 1. The molecular formula is C32H37ClN2O7. The molecule has 0 unspecified atom stereocenters. The Morgan fingerprint density at radius 3 is 1.62 bits per heavy atom. The van der Waals surface area contributed by atoms with Gasteiger partial charge in [-0.2, -0.15) is 0 Å². The summed E-state index contributed by atoms with van der Waals surface area (Å²) in [4.78, 5) is 32.9. The van der Waals surface area contributed by atoms with Crippen LogP contribution in [0.4, 0.5) is 5.69 Å². The molecule has 0 spiro atoms. The second kappa shape index (κ2) is 16.9. The maximum Gasteiger partial charge on any atom is 0.336 e. The van der Waals surface area contributed by atoms with Crippen molar-refractivity contribution in [1.82, 2.24) is 4.90 Å². The molecule has 0 atom stereocenters. The third-order valence-electron chi connectivity index (χ3n) is 6.42. The molecule has 0 heterocycles. The SMILES string of the molecule is CCN(CC)CCNc1ccc(C(=C(Cl)c2ccccc2)c2ccccc2)cc1.O=C(O)CC(O)(CC(=O)O)C(=O)O. The first-order chi connectivity index (χ1) is 20.0. The number of halogens is 1. The van der Waals surface area contributed by atoms with Crippen molar-refractivity contribution in [1.29, 1.82) is 0 Å². The summed E-state index contributed by atoms with van der Waals surface area (Å²) in [5.74, 6) is -5.02. The predicted octanol–water partition coefficient (Wildman–Crippen LogP) is 5.35. The van der Waals surface area contributed by atoms with Crippen LogP contribution in [0.5, 0.6) is 0 Å². The summed E-state index contributed by atoms with van der Waals surface area (Å²) in [5.41, 5.74) is 2.69. The predicted molar refractivity (Wildman–Crippen MR) is 164 cm³/mol. The van der Waals surface area contributed by atoms with Crippen LogP contribution in [0.15, 0.2) is 84.9 Å². The molecule has 0 aliphatic rings. The zero-order valence-electron chi connectivity index (χ0n) is 23.7. The molecule has 9 nitrogen and oxygen atoms in total. The molecule has 0 fully saturated rings. The van der Waals surface area contributed by atoms with Gasteiger partial charge in [0.15, 0.2) is 5.60 Å². The maximum absolute atomic E-state index is 10.3. The average molecular weight is 597 g/mol. The molecule has 0 amide bonds. The Morgan fingerprint density at radius 1 is 0.738 bits per heavy atom. The van der Waals surface area contributed by atoms with E-state index in [1.54, 1.807) is 0 Å². The van der Waals surface area contributed by atoms with E-state index in [9.17, 15) is 14.4 Å². The van der Waals surface area contributed by atoms with Gasteiger partial charge in [-0.3, -0.25) is 9.59 Å². The minimum atomic E-state index is -2.74. The number of hydrogen-bond donors (Lipinski definition) is 5. The van der Waals surface area contributed by atoms with Gasteiger partial charge >= 0.3 is 17.9 Å². The lowest BCUT2D eigenvalue weighted by atomic mass is 9.95. The van der Waals surface area contributed by atoms with Gasteiger partial charge in [-0.1, -0.05) is 98.2 Å². The minimum Gasteiger partial charge on any atom is -0.481 e. The Kier molecular flexibility index (Phi) is 13.7. The fourth-order valence-electron chi connectivity index (χ4n) is 4.12. The lowest BCUT2D eigenvalue weighted by Gasteiger charge is -2.18. The molecule has 3 aromatic rings. The topological polar surface area (TPSA) is 147 Å². The summed E-state index contributed by atoms with van der Waals surface area (Å²) in [7, 11) is 0. The number of carbonyl (C=O) groups is 3. The Morgan fingerprint density at radius 2 is 1.19 bits per heavy atom. The molecule has 0 bridgehead atoms. The molecule has 3 aromatic carbocycles. The summed E-state index contributed by atoms with van der Waals surface area (Å²) >= 11 is 6.89. The number of rotatable bonds is 14. The zero-order valence-corrected chi connectivity index (χ0v) is 24.4. The Hall–Kier alpha value is -4.18. The third kappa shape index (κ3) is 10.7. The van der Waals surface area contributed by atoms with E-state index in [1.807, 2.05) is 36.4 Å². The van der Waals surface area contributed by atoms with E-state index in [1.165, 1.54) is 0 Å². The van der Waals surface area contributed by atoms with E-state index >= 15 is 0 Å². The molecule has 3 rings (SSSR count). The standard InChI is InChI=1S/C26H29ClN2.C6H8O7/c1-3-29(4-2)20-19-28-24-17-15-22(16-18-24)25(21-11-7-5-8-12-21)26(27)23-13-9-6-10-14-23;7-3(8)1-6(13,5(11)12)2-4(9)10/h5-18,28H,3-4,19-20H2,1-2H3;13H,1-2H2,(H,7,8)(H,9,10)(H,11,12). The Labute approximate surface area is 250 Å². The normalized spacial score (nSPS) is 11.6. The molecule has 0 saturated carbocycles. The van der Waals surface area contributed by atoms with Crippen LogP contribution in [0, 0.1) is 0 Å². The van der Waals surface area contributed by atoms with Gasteiger partial charge < -0.3 is 30.6 Å². The number of anilines is 1. The van der Waals surface area contributed by atoms with Crippen molar-refractivity contribution >= 4 is 45.8 Å². The van der Waals surface area contributed by atoms with Crippen molar-refractivity contribution < 1.29 is 34.8 Å². The van der Waals surface area contributed by atoms with Gasteiger partial charge in [0.1, 0.15) is 0 Å². The van der Waals surface area contributed by atoms with E-state index in [0.29, 0.717) is 0 Å². The number of benzene rings is 3. The highest BCUT2D eigenvalue weighted by Gasteiger charge is 2.40. The molecule has 5 N–H and O–H groups in total. The molecule has 0 aliphatic heterocycles. The van der Waals surface area contributed by atoms with Gasteiger partial charge in [-0.05, 0) is 41.9 Å². The van der Waals surface area contributed by atoms with Gasteiger partial charge in [0.05, 0.1) is 17.9 Å². The first-order valence-electron chi connectivity index (χ1n) is 13.5. The van der Waals surface area contributed by atoms with Gasteiger partial charge in [-0.15, -0.1) is 0 Å². The van der Waals surface area contributed by atoms with E-state index in [-0.39, 0.29) is 0 Å². The van der Waals surface area contributed by atoms with Crippen LogP contribution >= 0.6 is 11.6 Å². The summed E-state index contributed by atoms with van der Waals surface area (Å²) in [5, 5.41) is 38.1. The fourth-order valence-corrected chi connectivity index (χ4v) is 4.46. The first-order valence-corrected chi connectivity index (χ1v) is 13.8. The van der Waals surface area contributed by atoms with Crippen molar-refractivity contribution in [3.05, 3.63) is 102 Å². The van der Waals surface area contributed by atoms with Crippen LogP contribution in [0.25, 0.3) is 10.6 Å². The van der Waals surface area contributed by atoms with Crippen molar-refractivity contribution in [3.63, 3.8) is 0 Å². The second-order valence-electron chi connectivity index (χ2n) is 9.43. The van der Waals surface area contributed by atoms with Crippen LogP contribution in [0.2, 0.25) is 0 Å². The summed E-state index contributed by atoms with van der Waals surface area (Å²) < 4.78 is 0.